The minimum Gasteiger partial charge on any atom is -0.438 e. The van der Waals surface area contributed by atoms with E-state index >= 15 is 0 Å². The molecule has 28 heteroatoms. The third-order valence-corrected chi connectivity index (χ3v) is 10.1. The van der Waals surface area contributed by atoms with E-state index in [1.807, 2.05) is 5.43 Å². The molecule has 3 heterocycles. The first-order valence-corrected chi connectivity index (χ1v) is 22.0. The summed E-state index contributed by atoms with van der Waals surface area (Å²) in [5.41, 5.74) is 11.4. The number of carbonyl (C=O) groups is 5. The van der Waals surface area contributed by atoms with Crippen molar-refractivity contribution >= 4 is 46.8 Å². The minimum absolute atomic E-state index is 0.0933. The topological polar surface area (TPSA) is 393 Å². The van der Waals surface area contributed by atoms with E-state index in [2.05, 4.69) is 32.5 Å². The summed E-state index contributed by atoms with van der Waals surface area (Å²) in [5, 5.41) is 29.0. The van der Waals surface area contributed by atoms with Gasteiger partial charge in [-0.1, -0.05) is 19.9 Å². The minimum atomic E-state index is -1.63. The Hall–Kier alpha value is -5.56. The second-order valence-electron chi connectivity index (χ2n) is 15.6. The van der Waals surface area contributed by atoms with Crippen molar-refractivity contribution < 1.29 is 67.3 Å². The first-order chi connectivity index (χ1) is 32.6. The maximum Gasteiger partial charge on any atom is 0.410 e. The van der Waals surface area contributed by atoms with Crippen LogP contribution in [0.4, 0.5) is 10.7 Å². The number of hydrogen-bond acceptors (Lipinski definition) is 20. The lowest BCUT2D eigenvalue weighted by atomic mass is 10.0. The van der Waals surface area contributed by atoms with Gasteiger partial charge in [-0.3, -0.25) is 38.9 Å². The molecule has 68 heavy (non-hydrogen) atoms. The Bertz CT molecular complexity index is 2050. The quantitative estimate of drug-likeness (QED) is 0.0106. The number of likely N-dealkylation sites (N-methyl/N-ethyl adjacent to an activating group) is 1. The Morgan fingerprint density at radius 1 is 0.941 bits per heavy atom. The van der Waals surface area contributed by atoms with Gasteiger partial charge in [0.2, 0.25) is 23.7 Å². The SMILES string of the molecule is C=CCn1c(=O)n([C@@H]2O[C@H](CO)[C@@H](O)[C@H]2OC(=O)N(C)CCNC(=O)[C@H](CCCCN)NC(=O)[C@@H](NC(=O)COCCOCCOCCOCCOCC(=O)NN)C(C)C)c2nc(N)[nH]c(=O)c21. The standard InChI is InChI=1S/C40H68N12O16/c1-5-11-51-30-33(47-38(42)48-36(30)59)52(39(51)60)37-32(31(56)26(21-53)67-37)68-40(61)50(4)12-10-44-34(57)25(8-6-7-9-41)45-35(58)29(24(2)3)46-27(54)22-65-19-17-63-15-13-62-14-16-64-18-20-66-23-28(55)49-43/h5,24-26,29,31-32,37,53,56H,1,6-23,41,43H2,2-4H3,(H,44,57)(H,45,58)(H,46,54)(H,49,55)(H3,42,47,48,59)/t25-,26+,29-,31+,32+,37+/m0/s1. The van der Waals surface area contributed by atoms with E-state index in [0.29, 0.717) is 39.2 Å². The number of anilines is 1. The van der Waals surface area contributed by atoms with Crippen molar-refractivity contribution in [3.05, 3.63) is 33.5 Å². The summed E-state index contributed by atoms with van der Waals surface area (Å²) in [5.74, 6) is 2.06. The van der Waals surface area contributed by atoms with Gasteiger partial charge in [-0.25, -0.2) is 20.0 Å². The van der Waals surface area contributed by atoms with E-state index < -0.39 is 84.2 Å². The van der Waals surface area contributed by atoms with Crippen LogP contribution in [0.5, 0.6) is 0 Å². The third kappa shape index (κ3) is 17.5. The number of H-pyrrole nitrogens is 1. The van der Waals surface area contributed by atoms with E-state index in [1.54, 1.807) is 13.8 Å². The van der Waals surface area contributed by atoms with Gasteiger partial charge in [0, 0.05) is 26.7 Å². The molecular weight excluding hydrogens is 905 g/mol. The van der Waals surface area contributed by atoms with Gasteiger partial charge in [0.25, 0.3) is 11.5 Å². The molecule has 28 nitrogen and oxygen atoms in total. The maximum absolute atomic E-state index is 13.6. The average Bonchev–Trinajstić information content (AvgIpc) is 3.76. The van der Waals surface area contributed by atoms with Crippen LogP contribution in [-0.4, -0.2) is 194 Å². The molecule has 5 amide bonds. The molecule has 1 saturated heterocycles. The Morgan fingerprint density at radius 2 is 1.54 bits per heavy atom. The third-order valence-electron chi connectivity index (χ3n) is 10.1. The highest BCUT2D eigenvalue weighted by Crippen LogP contribution is 2.33. The molecule has 13 N–H and O–H groups in total. The van der Waals surface area contributed by atoms with Crippen LogP contribution in [0.25, 0.3) is 11.2 Å². The fourth-order valence-corrected chi connectivity index (χ4v) is 6.62. The lowest BCUT2D eigenvalue weighted by Crippen LogP contribution is -2.56. The van der Waals surface area contributed by atoms with Gasteiger partial charge in [0.15, 0.2) is 23.5 Å². The van der Waals surface area contributed by atoms with Crippen molar-refractivity contribution in [3.8, 4) is 0 Å². The lowest BCUT2D eigenvalue weighted by Gasteiger charge is -2.26. The molecule has 2 aromatic rings. The number of aromatic amines is 1. The molecule has 6 atom stereocenters. The van der Waals surface area contributed by atoms with Crippen LogP contribution in [0.1, 0.15) is 39.3 Å². The Kier molecular flexibility index (Phi) is 25.1. The molecule has 1 fully saturated rings. The van der Waals surface area contributed by atoms with Crippen molar-refractivity contribution in [2.45, 2.75) is 76.3 Å². The van der Waals surface area contributed by atoms with Gasteiger partial charge >= 0.3 is 11.8 Å². The van der Waals surface area contributed by atoms with E-state index in [4.69, 9.17) is 50.5 Å². The summed E-state index contributed by atoms with van der Waals surface area (Å²) >= 11 is 0. The number of nitrogen functional groups attached to an aromatic ring is 1. The highest BCUT2D eigenvalue weighted by molar-refractivity contribution is 5.92. The predicted molar refractivity (Wildman–Crippen MR) is 240 cm³/mol. The second kappa shape index (κ2) is 30.0. The second-order valence-corrected chi connectivity index (χ2v) is 15.6. The lowest BCUT2D eigenvalue weighted by molar-refractivity contribution is -0.134. The van der Waals surface area contributed by atoms with Crippen LogP contribution in [0.2, 0.25) is 0 Å². The van der Waals surface area contributed by atoms with E-state index in [1.165, 1.54) is 13.1 Å². The number of aromatic nitrogens is 4. The number of aliphatic hydroxyl groups is 2. The van der Waals surface area contributed by atoms with Gasteiger partial charge < -0.3 is 75.7 Å². The number of nitrogens with one attached hydrogen (secondary N) is 5. The van der Waals surface area contributed by atoms with Gasteiger partial charge in [-0.05, 0) is 31.7 Å². The molecule has 1 aliphatic heterocycles. The van der Waals surface area contributed by atoms with Crippen molar-refractivity contribution in [1.82, 2.24) is 45.4 Å². The molecule has 1 aliphatic rings. The molecule has 0 bridgehead atoms. The van der Waals surface area contributed by atoms with Crippen LogP contribution in [0, 0.1) is 5.92 Å². The van der Waals surface area contributed by atoms with Crippen molar-refractivity contribution in [2.75, 3.05) is 105 Å². The number of aliphatic hydroxyl groups excluding tert-OH is 2. The number of nitrogens with two attached hydrogens (primary N) is 3. The molecule has 0 saturated carbocycles. The summed E-state index contributed by atoms with van der Waals surface area (Å²) in [6.07, 6.45) is -4.48. The Labute approximate surface area is 391 Å². The number of hydrazine groups is 1. The molecular formula is C40H68N12O16. The largest absolute Gasteiger partial charge is 0.438 e. The highest BCUT2D eigenvalue weighted by Gasteiger charge is 2.49. The number of ether oxygens (including phenoxy) is 7. The predicted octanol–water partition coefficient (Wildman–Crippen LogP) is -4.71. The number of hydrogen-bond donors (Lipinski definition) is 10. The van der Waals surface area contributed by atoms with Crippen LogP contribution in [0.15, 0.2) is 22.2 Å². The monoisotopic (exact) mass is 972 g/mol. The summed E-state index contributed by atoms with van der Waals surface area (Å²) < 4.78 is 39.9. The molecule has 0 aromatic carbocycles. The van der Waals surface area contributed by atoms with Crippen molar-refractivity contribution in [2.24, 2.45) is 17.5 Å². The summed E-state index contributed by atoms with van der Waals surface area (Å²) in [6, 6.07) is -2.06. The van der Waals surface area contributed by atoms with Gasteiger partial charge in [-0.2, -0.15) is 4.98 Å². The highest BCUT2D eigenvalue weighted by atomic mass is 16.6. The molecule has 0 spiro atoms. The number of nitrogens with zero attached hydrogens (tertiary/aromatic N) is 4. The maximum atomic E-state index is 13.6. The number of fused-ring (bicyclic) bond motifs is 1. The van der Waals surface area contributed by atoms with E-state index in [9.17, 15) is 43.8 Å². The smallest absolute Gasteiger partial charge is 0.410 e. The van der Waals surface area contributed by atoms with Gasteiger partial charge in [0.05, 0.1) is 59.5 Å². The van der Waals surface area contributed by atoms with Crippen LogP contribution < -0.4 is 49.9 Å². The molecule has 2 aromatic heterocycles. The Morgan fingerprint density at radius 3 is 2.10 bits per heavy atom. The molecule has 0 aliphatic carbocycles. The molecule has 3 rings (SSSR count). The number of imidazole rings is 1. The summed E-state index contributed by atoms with van der Waals surface area (Å²) in [6.45, 7) is 7.81. The molecule has 0 radical (unpaired) electrons. The Balaban J connectivity index is 1.48. The first kappa shape index (κ1) is 56.8. The van der Waals surface area contributed by atoms with Gasteiger partial charge in [0.1, 0.15) is 37.5 Å². The molecule has 384 valence electrons. The average molecular weight is 973 g/mol. The normalized spacial score (nSPS) is 17.7. The molecule has 0 unspecified atom stereocenters. The van der Waals surface area contributed by atoms with Gasteiger partial charge in [-0.15, -0.1) is 6.58 Å². The number of unbranched alkanes of at least 4 members (excludes halogenated alkanes) is 1. The number of rotatable bonds is 33. The summed E-state index contributed by atoms with van der Waals surface area (Å²) in [4.78, 5) is 98.0. The summed E-state index contributed by atoms with van der Waals surface area (Å²) in [7, 11) is 1.35. The van der Waals surface area contributed by atoms with Crippen LogP contribution >= 0.6 is 0 Å². The number of carbonyl (C=O) groups excluding carboxylic acids is 5. The fraction of sp³-hybridized carbons (Fsp3) is 0.700. The number of allylic oxidation sites excluding steroid dienone is 1. The fourth-order valence-electron chi connectivity index (χ4n) is 6.62. The van der Waals surface area contributed by atoms with Crippen LogP contribution in [0.3, 0.4) is 0 Å². The van der Waals surface area contributed by atoms with Crippen molar-refractivity contribution in [3.63, 3.8) is 0 Å². The zero-order valence-corrected chi connectivity index (χ0v) is 38.7. The van der Waals surface area contributed by atoms with E-state index in [0.717, 1.165) is 14.0 Å². The first-order valence-electron chi connectivity index (χ1n) is 22.0. The zero-order valence-electron chi connectivity index (χ0n) is 38.7. The zero-order chi connectivity index (χ0) is 50.2. The van der Waals surface area contributed by atoms with Crippen molar-refractivity contribution in [1.29, 1.82) is 0 Å². The van der Waals surface area contributed by atoms with Crippen LogP contribution in [-0.2, 0) is 58.9 Å². The van der Waals surface area contributed by atoms with E-state index in [-0.39, 0.29) is 95.3 Å². The number of amides is 5.